The first-order chi connectivity index (χ1) is 9.06. The molecule has 0 aromatic heterocycles. The molecule has 0 radical (unpaired) electrons. The van der Waals surface area contributed by atoms with Crippen LogP contribution in [0.15, 0.2) is 30.3 Å². The van der Waals surface area contributed by atoms with Crippen molar-refractivity contribution >= 4 is 5.91 Å². The fraction of sp³-hybridized carbons (Fsp3) is 0.562. The van der Waals surface area contributed by atoms with Crippen molar-refractivity contribution in [3.8, 4) is 0 Å². The third-order valence-corrected chi connectivity index (χ3v) is 3.98. The molecule has 2 rings (SSSR count). The third kappa shape index (κ3) is 2.66. The van der Waals surface area contributed by atoms with E-state index in [2.05, 4.69) is 45.1 Å². The van der Waals surface area contributed by atoms with Gasteiger partial charge in [-0.1, -0.05) is 51.1 Å². The summed E-state index contributed by atoms with van der Waals surface area (Å²) in [5.41, 5.74) is 1.17. The van der Waals surface area contributed by atoms with Crippen LogP contribution in [0.5, 0.6) is 0 Å². The van der Waals surface area contributed by atoms with E-state index in [0.717, 1.165) is 6.42 Å². The summed E-state index contributed by atoms with van der Waals surface area (Å²) in [6.45, 7) is 8.44. The van der Waals surface area contributed by atoms with E-state index >= 15 is 0 Å². The second kappa shape index (κ2) is 5.74. The van der Waals surface area contributed by atoms with Crippen molar-refractivity contribution < 1.29 is 4.79 Å². The van der Waals surface area contributed by atoms with Gasteiger partial charge >= 0.3 is 0 Å². The lowest BCUT2D eigenvalue weighted by atomic mass is 10.0. The maximum atomic E-state index is 12.6. The molecule has 1 heterocycles. The van der Waals surface area contributed by atoms with Gasteiger partial charge in [0.25, 0.3) is 0 Å². The molecule has 3 heteroatoms. The van der Waals surface area contributed by atoms with Gasteiger partial charge in [-0.2, -0.15) is 0 Å². The Morgan fingerprint density at radius 3 is 2.37 bits per heavy atom. The largest absolute Gasteiger partial charge is 0.319 e. The first-order valence-corrected chi connectivity index (χ1v) is 7.19. The summed E-state index contributed by atoms with van der Waals surface area (Å²) in [7, 11) is 0. The van der Waals surface area contributed by atoms with Crippen LogP contribution in [0.1, 0.15) is 45.8 Å². The highest BCUT2D eigenvalue weighted by Gasteiger charge is 2.42. The Morgan fingerprint density at radius 1 is 1.21 bits per heavy atom. The normalized spacial score (nSPS) is 25.1. The third-order valence-electron chi connectivity index (χ3n) is 3.98. The summed E-state index contributed by atoms with van der Waals surface area (Å²) in [6.07, 6.45) is 0.984. The second-order valence-electron chi connectivity index (χ2n) is 5.70. The van der Waals surface area contributed by atoms with E-state index in [1.807, 2.05) is 23.1 Å². The van der Waals surface area contributed by atoms with Gasteiger partial charge in [-0.15, -0.1) is 0 Å². The Kier molecular flexibility index (Phi) is 4.25. The Balaban J connectivity index is 2.32. The molecule has 0 bridgehead atoms. The van der Waals surface area contributed by atoms with Crippen molar-refractivity contribution in [2.75, 3.05) is 0 Å². The average molecular weight is 260 g/mol. The molecule has 1 aromatic carbocycles. The molecule has 1 fully saturated rings. The van der Waals surface area contributed by atoms with Gasteiger partial charge in [-0.3, -0.25) is 10.1 Å². The lowest BCUT2D eigenvalue weighted by Gasteiger charge is -2.30. The van der Waals surface area contributed by atoms with Crippen LogP contribution in [-0.4, -0.2) is 22.9 Å². The number of rotatable bonds is 4. The molecule has 1 N–H and O–H groups in total. The van der Waals surface area contributed by atoms with E-state index in [1.165, 1.54) is 5.56 Å². The van der Waals surface area contributed by atoms with Gasteiger partial charge < -0.3 is 4.90 Å². The Morgan fingerprint density at radius 2 is 1.84 bits per heavy atom. The predicted molar refractivity (Wildman–Crippen MR) is 77.5 cm³/mol. The standard InChI is InChI=1S/C16H24N2O/c1-5-12(4)18-15(13-9-7-6-8-10-13)17-14(11(2)3)16(18)19/h6-12,14-15,17H,5H2,1-4H3. The zero-order chi connectivity index (χ0) is 14.0. The van der Waals surface area contributed by atoms with Crippen molar-refractivity contribution in [1.29, 1.82) is 0 Å². The fourth-order valence-corrected chi connectivity index (χ4v) is 2.65. The quantitative estimate of drug-likeness (QED) is 0.902. The van der Waals surface area contributed by atoms with E-state index in [0.29, 0.717) is 5.92 Å². The van der Waals surface area contributed by atoms with Crippen molar-refractivity contribution in [1.82, 2.24) is 10.2 Å². The minimum atomic E-state index is -0.0702. The number of carbonyl (C=O) groups is 1. The van der Waals surface area contributed by atoms with Crippen LogP contribution in [0.2, 0.25) is 0 Å². The summed E-state index contributed by atoms with van der Waals surface area (Å²) in [6, 6.07) is 10.4. The molecule has 19 heavy (non-hydrogen) atoms. The Bertz CT molecular complexity index is 430. The number of benzene rings is 1. The van der Waals surface area contributed by atoms with Gasteiger partial charge in [0.05, 0.1) is 6.04 Å². The van der Waals surface area contributed by atoms with E-state index in [-0.39, 0.29) is 24.2 Å². The van der Waals surface area contributed by atoms with Crippen LogP contribution in [0.25, 0.3) is 0 Å². The van der Waals surface area contributed by atoms with E-state index in [1.54, 1.807) is 0 Å². The zero-order valence-electron chi connectivity index (χ0n) is 12.3. The number of amides is 1. The van der Waals surface area contributed by atoms with Crippen molar-refractivity contribution in [2.24, 2.45) is 5.92 Å². The van der Waals surface area contributed by atoms with Crippen LogP contribution in [0, 0.1) is 5.92 Å². The van der Waals surface area contributed by atoms with Gasteiger partial charge in [0, 0.05) is 6.04 Å². The van der Waals surface area contributed by atoms with E-state index in [9.17, 15) is 4.79 Å². The SMILES string of the molecule is CCC(C)N1C(=O)C(C(C)C)NC1c1ccccc1. The van der Waals surface area contributed by atoms with E-state index in [4.69, 9.17) is 0 Å². The Hall–Kier alpha value is -1.35. The number of hydrogen-bond acceptors (Lipinski definition) is 2. The maximum absolute atomic E-state index is 12.6. The zero-order valence-corrected chi connectivity index (χ0v) is 12.3. The lowest BCUT2D eigenvalue weighted by molar-refractivity contribution is -0.132. The molecule has 1 aliphatic heterocycles. The Labute approximate surface area is 116 Å². The predicted octanol–water partition coefficient (Wildman–Crippen LogP) is 2.94. The van der Waals surface area contributed by atoms with Gasteiger partial charge in [-0.05, 0) is 24.8 Å². The first kappa shape index (κ1) is 14.1. The van der Waals surface area contributed by atoms with Crippen molar-refractivity contribution in [3.63, 3.8) is 0 Å². The summed E-state index contributed by atoms with van der Waals surface area (Å²) in [5, 5.41) is 3.50. The molecule has 3 unspecified atom stereocenters. The summed E-state index contributed by atoms with van der Waals surface area (Å²) in [5.74, 6) is 0.547. The number of hydrogen-bond donors (Lipinski definition) is 1. The van der Waals surface area contributed by atoms with Crippen LogP contribution in [-0.2, 0) is 4.79 Å². The molecular formula is C16H24N2O. The van der Waals surface area contributed by atoms with Crippen LogP contribution >= 0.6 is 0 Å². The molecule has 3 atom stereocenters. The fourth-order valence-electron chi connectivity index (χ4n) is 2.65. The molecule has 0 spiro atoms. The topological polar surface area (TPSA) is 32.3 Å². The number of nitrogens with zero attached hydrogens (tertiary/aromatic N) is 1. The van der Waals surface area contributed by atoms with Gasteiger partial charge in [0.1, 0.15) is 6.17 Å². The molecule has 0 saturated carbocycles. The minimum absolute atomic E-state index is 0.0102. The van der Waals surface area contributed by atoms with Crippen LogP contribution in [0.4, 0.5) is 0 Å². The first-order valence-electron chi connectivity index (χ1n) is 7.19. The lowest BCUT2D eigenvalue weighted by Crippen LogP contribution is -2.39. The average Bonchev–Trinajstić information content (AvgIpc) is 2.77. The summed E-state index contributed by atoms with van der Waals surface area (Å²) in [4.78, 5) is 14.6. The molecule has 1 saturated heterocycles. The minimum Gasteiger partial charge on any atom is -0.319 e. The van der Waals surface area contributed by atoms with Crippen LogP contribution in [0.3, 0.4) is 0 Å². The molecule has 3 nitrogen and oxygen atoms in total. The van der Waals surface area contributed by atoms with Gasteiger partial charge in [-0.25, -0.2) is 0 Å². The highest BCUT2D eigenvalue weighted by molar-refractivity contribution is 5.85. The summed E-state index contributed by atoms with van der Waals surface area (Å²) >= 11 is 0. The highest BCUT2D eigenvalue weighted by atomic mass is 16.2. The molecular weight excluding hydrogens is 236 g/mol. The molecule has 1 aromatic rings. The smallest absolute Gasteiger partial charge is 0.241 e. The second-order valence-corrected chi connectivity index (χ2v) is 5.70. The van der Waals surface area contributed by atoms with Gasteiger partial charge in [0.15, 0.2) is 0 Å². The number of carbonyl (C=O) groups excluding carboxylic acids is 1. The van der Waals surface area contributed by atoms with E-state index < -0.39 is 0 Å². The highest BCUT2D eigenvalue weighted by Crippen LogP contribution is 2.30. The molecule has 0 aliphatic carbocycles. The molecule has 104 valence electrons. The van der Waals surface area contributed by atoms with Gasteiger partial charge in [0.2, 0.25) is 5.91 Å². The summed E-state index contributed by atoms with van der Waals surface area (Å²) < 4.78 is 0. The van der Waals surface area contributed by atoms with Crippen molar-refractivity contribution in [2.45, 2.75) is 52.4 Å². The number of nitrogens with one attached hydrogen (secondary N) is 1. The van der Waals surface area contributed by atoms with Crippen molar-refractivity contribution in [3.05, 3.63) is 35.9 Å². The molecule has 1 aliphatic rings. The molecule has 1 amide bonds. The maximum Gasteiger partial charge on any atom is 0.241 e. The monoisotopic (exact) mass is 260 g/mol. The van der Waals surface area contributed by atoms with Crippen LogP contribution < -0.4 is 5.32 Å².